The summed E-state index contributed by atoms with van der Waals surface area (Å²) in [6, 6.07) is 6.29. The molecule has 4 rings (SSSR count). The van der Waals surface area contributed by atoms with Gasteiger partial charge in [0.05, 0.1) is 23.6 Å². The molecule has 7 heteroatoms. The number of aromatic nitrogens is 3. The number of benzene rings is 1. The lowest BCUT2D eigenvalue weighted by atomic mass is 10.1. The van der Waals surface area contributed by atoms with Crippen molar-refractivity contribution in [2.75, 3.05) is 13.1 Å². The van der Waals surface area contributed by atoms with E-state index in [1.54, 1.807) is 12.4 Å². The van der Waals surface area contributed by atoms with E-state index >= 15 is 0 Å². The van der Waals surface area contributed by atoms with Crippen LogP contribution >= 0.6 is 0 Å². The number of amides is 1. The van der Waals surface area contributed by atoms with Crippen molar-refractivity contribution >= 4 is 13.9 Å². The minimum absolute atomic E-state index is 0.0637. The molecule has 2 aliphatic heterocycles. The van der Waals surface area contributed by atoms with Crippen molar-refractivity contribution in [1.29, 1.82) is 0 Å². The molecule has 24 heavy (non-hydrogen) atoms. The molecule has 2 radical (unpaired) electrons. The maximum Gasteiger partial charge on any atom is 0.256 e. The standard InChI is InChI=1S/C17H20BN5O/c1-12-2-5-16(23-19-7-8-20-23)15(10-12)17(24)22-13-3-4-14(22)11-21(18)9-6-13/h2,5,7-8,10,13-14H,3-4,6,9,11H2,1H3. The molecule has 2 aliphatic rings. The monoisotopic (exact) mass is 321 g/mol. The van der Waals surface area contributed by atoms with Gasteiger partial charge in [-0.1, -0.05) is 11.6 Å². The van der Waals surface area contributed by atoms with Crippen LogP contribution in [-0.2, 0) is 0 Å². The average molecular weight is 321 g/mol. The zero-order valence-electron chi connectivity index (χ0n) is 13.8. The van der Waals surface area contributed by atoms with E-state index in [9.17, 15) is 4.79 Å². The third kappa shape index (κ3) is 2.63. The topological polar surface area (TPSA) is 54.3 Å². The van der Waals surface area contributed by atoms with E-state index in [2.05, 4.69) is 15.1 Å². The lowest BCUT2D eigenvalue weighted by Gasteiger charge is -2.29. The molecule has 6 nitrogen and oxygen atoms in total. The summed E-state index contributed by atoms with van der Waals surface area (Å²) in [5.41, 5.74) is 2.44. The van der Waals surface area contributed by atoms with Gasteiger partial charge in [-0.15, -0.1) is 0 Å². The Morgan fingerprint density at radius 1 is 1.17 bits per heavy atom. The van der Waals surface area contributed by atoms with Crippen LogP contribution in [0.4, 0.5) is 0 Å². The number of aryl methyl sites for hydroxylation is 1. The van der Waals surface area contributed by atoms with E-state index in [1.807, 2.05) is 29.9 Å². The second kappa shape index (κ2) is 6.05. The van der Waals surface area contributed by atoms with Crippen LogP contribution in [0.5, 0.6) is 0 Å². The van der Waals surface area contributed by atoms with Gasteiger partial charge in [0, 0.05) is 18.6 Å². The van der Waals surface area contributed by atoms with E-state index < -0.39 is 0 Å². The van der Waals surface area contributed by atoms with Crippen molar-refractivity contribution < 1.29 is 4.79 Å². The molecule has 2 unspecified atom stereocenters. The van der Waals surface area contributed by atoms with Gasteiger partial charge in [0.1, 0.15) is 0 Å². The summed E-state index contributed by atoms with van der Waals surface area (Å²) in [6.45, 7) is 3.57. The number of hydrogen-bond acceptors (Lipinski definition) is 4. The van der Waals surface area contributed by atoms with Crippen LogP contribution in [0, 0.1) is 6.92 Å². The Morgan fingerprint density at radius 2 is 1.92 bits per heavy atom. The molecule has 2 fully saturated rings. The Balaban J connectivity index is 1.73. The van der Waals surface area contributed by atoms with Gasteiger partial charge in [-0.25, -0.2) is 0 Å². The Hall–Kier alpha value is -2.15. The second-order valence-corrected chi connectivity index (χ2v) is 6.72. The van der Waals surface area contributed by atoms with Crippen LogP contribution in [0.2, 0.25) is 0 Å². The van der Waals surface area contributed by atoms with E-state index in [0.29, 0.717) is 5.56 Å². The summed E-state index contributed by atoms with van der Waals surface area (Å²) < 4.78 is 0. The minimum Gasteiger partial charge on any atom is -0.352 e. The average Bonchev–Trinajstić information content (AvgIpc) is 3.18. The molecule has 1 amide bonds. The lowest BCUT2D eigenvalue weighted by Crippen LogP contribution is -2.43. The predicted octanol–water partition coefficient (Wildman–Crippen LogP) is 1.34. The number of rotatable bonds is 2. The Morgan fingerprint density at radius 3 is 2.71 bits per heavy atom. The molecular weight excluding hydrogens is 301 g/mol. The predicted molar refractivity (Wildman–Crippen MR) is 91.0 cm³/mol. The van der Waals surface area contributed by atoms with Crippen molar-refractivity contribution in [1.82, 2.24) is 24.7 Å². The normalized spacial score (nSPS) is 24.1. The molecule has 0 N–H and O–H groups in total. The minimum atomic E-state index is 0.0637. The highest BCUT2D eigenvalue weighted by Gasteiger charge is 2.40. The van der Waals surface area contributed by atoms with Crippen LogP contribution in [0.15, 0.2) is 30.6 Å². The molecule has 2 bridgehead atoms. The molecule has 0 aliphatic carbocycles. The van der Waals surface area contributed by atoms with Gasteiger partial charge in [-0.3, -0.25) is 4.79 Å². The molecule has 2 atom stereocenters. The molecule has 1 aromatic heterocycles. The molecule has 3 heterocycles. The van der Waals surface area contributed by atoms with Crippen molar-refractivity contribution in [2.24, 2.45) is 0 Å². The van der Waals surface area contributed by atoms with Crippen LogP contribution in [0.1, 0.15) is 35.2 Å². The third-order valence-electron chi connectivity index (χ3n) is 5.07. The summed E-state index contributed by atoms with van der Waals surface area (Å²) in [6.07, 6.45) is 6.25. The fraction of sp³-hybridized carbons (Fsp3) is 0.471. The van der Waals surface area contributed by atoms with Gasteiger partial charge in [0.15, 0.2) is 7.98 Å². The maximum absolute atomic E-state index is 13.4. The lowest BCUT2D eigenvalue weighted by molar-refractivity contribution is 0.0676. The Kier molecular flexibility index (Phi) is 3.88. The highest BCUT2D eigenvalue weighted by Crippen LogP contribution is 2.32. The Labute approximate surface area is 142 Å². The Bertz CT molecular complexity index is 747. The van der Waals surface area contributed by atoms with Gasteiger partial charge >= 0.3 is 0 Å². The first kappa shape index (κ1) is 15.4. The van der Waals surface area contributed by atoms with Crippen molar-refractivity contribution in [3.8, 4) is 5.69 Å². The number of carbonyl (C=O) groups excluding carboxylic acids is 1. The molecule has 122 valence electrons. The molecule has 0 spiro atoms. The van der Waals surface area contributed by atoms with Crippen LogP contribution in [0.3, 0.4) is 0 Å². The molecule has 0 saturated carbocycles. The third-order valence-corrected chi connectivity index (χ3v) is 5.07. The van der Waals surface area contributed by atoms with Gasteiger partial charge in [-0.2, -0.15) is 15.0 Å². The highest BCUT2D eigenvalue weighted by molar-refractivity contribution is 6.04. The van der Waals surface area contributed by atoms with Crippen LogP contribution in [-0.4, -0.2) is 63.8 Å². The second-order valence-electron chi connectivity index (χ2n) is 6.72. The molecule has 1 aromatic carbocycles. The molecule has 2 aromatic rings. The fourth-order valence-corrected chi connectivity index (χ4v) is 3.91. The largest absolute Gasteiger partial charge is 0.352 e. The highest BCUT2D eigenvalue weighted by atomic mass is 16.2. The maximum atomic E-state index is 13.4. The smallest absolute Gasteiger partial charge is 0.256 e. The molecule has 2 saturated heterocycles. The first-order chi connectivity index (χ1) is 11.6. The summed E-state index contributed by atoms with van der Waals surface area (Å²) >= 11 is 0. The summed E-state index contributed by atoms with van der Waals surface area (Å²) in [5, 5.41) is 8.39. The summed E-state index contributed by atoms with van der Waals surface area (Å²) in [7, 11) is 6.02. The van der Waals surface area contributed by atoms with E-state index in [4.69, 9.17) is 7.98 Å². The number of nitrogens with zero attached hydrogens (tertiary/aromatic N) is 5. The number of carbonyl (C=O) groups is 1. The zero-order valence-corrected chi connectivity index (χ0v) is 13.8. The quantitative estimate of drug-likeness (QED) is 0.783. The van der Waals surface area contributed by atoms with E-state index in [1.165, 1.54) is 4.80 Å². The van der Waals surface area contributed by atoms with Gasteiger partial charge < -0.3 is 9.71 Å². The fourth-order valence-electron chi connectivity index (χ4n) is 3.91. The summed E-state index contributed by atoms with van der Waals surface area (Å²) in [4.78, 5) is 18.8. The van der Waals surface area contributed by atoms with Crippen molar-refractivity contribution in [2.45, 2.75) is 38.3 Å². The van der Waals surface area contributed by atoms with E-state index in [0.717, 1.165) is 43.6 Å². The first-order valence-corrected chi connectivity index (χ1v) is 8.43. The zero-order chi connectivity index (χ0) is 16.7. The molecular formula is C17H20BN5O. The SMILES string of the molecule is [B]N1CCC2CCC(C1)N2C(=O)c1cc(C)ccc1-n1nccn1. The number of fused-ring (bicyclic) bond motifs is 2. The van der Waals surface area contributed by atoms with Gasteiger partial charge in [-0.05, 0) is 44.9 Å². The first-order valence-electron chi connectivity index (χ1n) is 8.43. The number of hydrogen-bond donors (Lipinski definition) is 0. The van der Waals surface area contributed by atoms with Crippen molar-refractivity contribution in [3.05, 3.63) is 41.7 Å². The summed E-state index contributed by atoms with van der Waals surface area (Å²) in [5.74, 6) is 0.0637. The van der Waals surface area contributed by atoms with E-state index in [-0.39, 0.29) is 18.0 Å². The van der Waals surface area contributed by atoms with Crippen LogP contribution in [0.25, 0.3) is 5.69 Å². The van der Waals surface area contributed by atoms with Gasteiger partial charge in [0.2, 0.25) is 0 Å². The van der Waals surface area contributed by atoms with Crippen molar-refractivity contribution in [3.63, 3.8) is 0 Å². The van der Waals surface area contributed by atoms with Crippen LogP contribution < -0.4 is 0 Å². The van der Waals surface area contributed by atoms with Gasteiger partial charge in [0.25, 0.3) is 5.91 Å².